The molecule has 4 rings (SSSR count). The van der Waals surface area contributed by atoms with Gasteiger partial charge in [0, 0.05) is 25.7 Å². The molecule has 26 heavy (non-hydrogen) atoms. The van der Waals surface area contributed by atoms with Crippen LogP contribution in [-0.4, -0.2) is 39.6 Å². The van der Waals surface area contributed by atoms with Crippen molar-refractivity contribution in [2.24, 2.45) is 0 Å². The number of pyridine rings is 1. The Bertz CT molecular complexity index is 968. The second kappa shape index (κ2) is 5.45. The first kappa shape index (κ1) is 16.4. The second-order valence-corrected chi connectivity index (χ2v) is 6.86. The Kier molecular flexibility index (Phi) is 3.44. The van der Waals surface area contributed by atoms with Crippen molar-refractivity contribution in [2.45, 2.75) is 31.5 Å². The first-order valence-corrected chi connectivity index (χ1v) is 8.47. The number of carbonyl (C=O) groups is 2. The van der Waals surface area contributed by atoms with E-state index in [2.05, 4.69) is 0 Å². The zero-order chi connectivity index (χ0) is 18.6. The van der Waals surface area contributed by atoms with Crippen LogP contribution in [0.2, 0.25) is 0 Å². The van der Waals surface area contributed by atoms with E-state index in [-0.39, 0.29) is 17.6 Å². The number of hydrogen-bond acceptors (Lipinski definition) is 5. The minimum Gasteiger partial charge on any atom is -0.502 e. The Balaban J connectivity index is 2.02. The third-order valence-electron chi connectivity index (χ3n) is 5.51. The van der Waals surface area contributed by atoms with Crippen LogP contribution in [0.3, 0.4) is 0 Å². The lowest BCUT2D eigenvalue weighted by Crippen LogP contribution is -2.70. The molecule has 134 valence electrons. The summed E-state index contributed by atoms with van der Waals surface area (Å²) in [6.45, 7) is 1.82. The fourth-order valence-electron chi connectivity index (χ4n) is 4.02. The topological polar surface area (TPSA) is 82.8 Å². The van der Waals surface area contributed by atoms with E-state index < -0.39 is 22.6 Å². The summed E-state index contributed by atoms with van der Waals surface area (Å²) in [4.78, 5) is 39.2. The van der Waals surface area contributed by atoms with Crippen molar-refractivity contribution in [3.8, 4) is 5.75 Å². The zero-order valence-corrected chi connectivity index (χ0v) is 14.5. The molecule has 1 N–H and O–H groups in total. The third kappa shape index (κ3) is 1.97. The maximum atomic E-state index is 13.0. The Morgan fingerprint density at radius 2 is 1.81 bits per heavy atom. The van der Waals surface area contributed by atoms with E-state index in [1.807, 2.05) is 37.3 Å². The number of aromatic hydroxyl groups is 1. The summed E-state index contributed by atoms with van der Waals surface area (Å²) in [7, 11) is 1.63. The van der Waals surface area contributed by atoms with Crippen molar-refractivity contribution in [1.82, 2.24) is 9.58 Å². The number of nitrogens with zero attached hydrogens (tertiary/aromatic N) is 3. The molecule has 2 aromatic rings. The first-order chi connectivity index (χ1) is 12.4. The lowest BCUT2D eigenvalue weighted by Gasteiger charge is -2.55. The molecule has 1 amide bonds. The second-order valence-electron chi connectivity index (χ2n) is 6.86. The minimum absolute atomic E-state index is 0.0202. The summed E-state index contributed by atoms with van der Waals surface area (Å²) in [5, 5.41) is 12.0. The highest BCUT2D eigenvalue weighted by Crippen LogP contribution is 2.40. The van der Waals surface area contributed by atoms with Gasteiger partial charge in [0.2, 0.25) is 5.43 Å². The number of hydrogen-bond donors (Lipinski definition) is 1. The average molecular weight is 353 g/mol. The van der Waals surface area contributed by atoms with Crippen LogP contribution >= 0.6 is 0 Å². The SMILES string of the molecule is CN1C(=O)c2c(O)c(=O)ccn2N2C1CCC(=O)[C@@]2(C)c1ccccc1. The molecule has 1 saturated heterocycles. The van der Waals surface area contributed by atoms with Crippen molar-refractivity contribution < 1.29 is 14.7 Å². The molecule has 0 aliphatic carbocycles. The molecule has 7 heteroatoms. The molecule has 2 atom stereocenters. The normalized spacial score (nSPS) is 25.1. The Morgan fingerprint density at radius 1 is 1.12 bits per heavy atom. The first-order valence-electron chi connectivity index (χ1n) is 8.47. The van der Waals surface area contributed by atoms with Gasteiger partial charge in [-0.1, -0.05) is 30.3 Å². The van der Waals surface area contributed by atoms with Crippen molar-refractivity contribution in [3.05, 3.63) is 64.1 Å². The number of ketones is 1. The smallest absolute Gasteiger partial charge is 0.277 e. The highest BCUT2D eigenvalue weighted by molar-refractivity contribution is 5.98. The summed E-state index contributed by atoms with van der Waals surface area (Å²) < 4.78 is 1.47. The van der Waals surface area contributed by atoms with E-state index in [0.717, 1.165) is 5.56 Å². The lowest BCUT2D eigenvalue weighted by molar-refractivity contribution is -0.128. The molecule has 1 aromatic carbocycles. The van der Waals surface area contributed by atoms with Crippen LogP contribution in [0.5, 0.6) is 5.75 Å². The summed E-state index contributed by atoms with van der Waals surface area (Å²) in [6, 6.07) is 10.6. The molecule has 1 fully saturated rings. The molecule has 1 aromatic heterocycles. The van der Waals surface area contributed by atoms with Crippen LogP contribution in [0, 0.1) is 0 Å². The van der Waals surface area contributed by atoms with E-state index in [1.165, 1.54) is 21.8 Å². The average Bonchev–Trinajstić information content (AvgIpc) is 2.65. The number of benzene rings is 1. The van der Waals surface area contributed by atoms with Gasteiger partial charge in [-0.3, -0.25) is 24.1 Å². The van der Waals surface area contributed by atoms with Crippen LogP contribution in [0.15, 0.2) is 47.4 Å². The maximum Gasteiger partial charge on any atom is 0.277 e. The largest absolute Gasteiger partial charge is 0.502 e. The fourth-order valence-corrected chi connectivity index (χ4v) is 4.02. The molecule has 1 unspecified atom stereocenters. The minimum atomic E-state index is -1.03. The number of rotatable bonds is 1. The molecular weight excluding hydrogens is 334 g/mol. The van der Waals surface area contributed by atoms with Crippen molar-refractivity contribution in [2.75, 3.05) is 12.1 Å². The van der Waals surface area contributed by atoms with Gasteiger partial charge in [0.15, 0.2) is 17.2 Å². The van der Waals surface area contributed by atoms with Gasteiger partial charge in [-0.05, 0) is 18.9 Å². The van der Waals surface area contributed by atoms with E-state index in [4.69, 9.17) is 0 Å². The third-order valence-corrected chi connectivity index (χ3v) is 5.51. The summed E-state index contributed by atoms with van der Waals surface area (Å²) >= 11 is 0. The maximum absolute atomic E-state index is 13.0. The zero-order valence-electron chi connectivity index (χ0n) is 14.5. The van der Waals surface area contributed by atoms with E-state index >= 15 is 0 Å². The predicted octanol–water partition coefficient (Wildman–Crippen LogP) is 1.18. The number of piperidine rings is 1. The van der Waals surface area contributed by atoms with Gasteiger partial charge in [-0.15, -0.1) is 0 Å². The van der Waals surface area contributed by atoms with Gasteiger partial charge < -0.3 is 10.0 Å². The summed E-state index contributed by atoms with van der Waals surface area (Å²) in [6.07, 6.45) is 1.91. The molecule has 7 nitrogen and oxygen atoms in total. The van der Waals surface area contributed by atoms with Gasteiger partial charge in [0.25, 0.3) is 5.91 Å². The molecule has 3 heterocycles. The highest BCUT2D eigenvalue weighted by atomic mass is 16.3. The number of fused-ring (bicyclic) bond motifs is 3. The predicted molar refractivity (Wildman–Crippen MR) is 94.5 cm³/mol. The lowest BCUT2D eigenvalue weighted by atomic mass is 9.80. The van der Waals surface area contributed by atoms with E-state index in [1.54, 1.807) is 12.1 Å². The number of carbonyl (C=O) groups excluding carboxylic acids is 2. The standard InChI is InChI=1S/C19H19N3O4/c1-19(12-6-4-3-5-7-12)14(24)8-9-15-20(2)18(26)16-17(25)13(23)10-11-21(16)22(15)19/h3-7,10-11,15,25H,8-9H2,1-2H3/t15?,19-/m1/s1. The van der Waals surface area contributed by atoms with Crippen LogP contribution in [0.4, 0.5) is 0 Å². The van der Waals surface area contributed by atoms with Crippen LogP contribution in [0.1, 0.15) is 35.8 Å². The fraction of sp³-hybridized carbons (Fsp3) is 0.316. The van der Waals surface area contributed by atoms with E-state index in [9.17, 15) is 19.5 Å². The van der Waals surface area contributed by atoms with Crippen molar-refractivity contribution in [1.29, 1.82) is 0 Å². The van der Waals surface area contributed by atoms with Gasteiger partial charge in [-0.2, -0.15) is 0 Å². The number of amides is 1. The Labute approximate surface area is 150 Å². The van der Waals surface area contributed by atoms with Crippen LogP contribution in [0.25, 0.3) is 0 Å². The summed E-state index contributed by atoms with van der Waals surface area (Å²) in [5.74, 6) is -1.02. The number of aromatic nitrogens is 1. The number of Topliss-reactive ketones (excluding diaryl/α,β-unsaturated/α-hetero) is 1. The molecule has 0 radical (unpaired) electrons. The molecule has 2 aliphatic heterocycles. The van der Waals surface area contributed by atoms with E-state index in [0.29, 0.717) is 12.8 Å². The Morgan fingerprint density at radius 3 is 2.50 bits per heavy atom. The van der Waals surface area contributed by atoms with Crippen molar-refractivity contribution >= 4 is 11.7 Å². The van der Waals surface area contributed by atoms with Gasteiger partial charge in [0.1, 0.15) is 11.7 Å². The van der Waals surface area contributed by atoms with Gasteiger partial charge in [0.05, 0.1) is 0 Å². The van der Waals surface area contributed by atoms with Gasteiger partial charge >= 0.3 is 0 Å². The molecular formula is C19H19N3O4. The quantitative estimate of drug-likeness (QED) is 0.832. The molecule has 0 bridgehead atoms. The van der Waals surface area contributed by atoms with Gasteiger partial charge in [-0.25, -0.2) is 0 Å². The molecule has 0 spiro atoms. The highest BCUT2D eigenvalue weighted by Gasteiger charge is 2.53. The monoisotopic (exact) mass is 353 g/mol. The molecule has 0 saturated carbocycles. The summed E-state index contributed by atoms with van der Waals surface area (Å²) in [5.41, 5.74) is -0.981. The van der Waals surface area contributed by atoms with Crippen LogP contribution < -0.4 is 10.4 Å². The van der Waals surface area contributed by atoms with Crippen LogP contribution in [-0.2, 0) is 10.3 Å². The van der Waals surface area contributed by atoms with Crippen molar-refractivity contribution in [3.63, 3.8) is 0 Å². The molecule has 2 aliphatic rings. The Hall–Kier alpha value is -3.09.